The van der Waals surface area contributed by atoms with E-state index < -0.39 is 42.1 Å². The summed E-state index contributed by atoms with van der Waals surface area (Å²) in [7, 11) is 1.62. The molecule has 4 amide bonds. The second-order valence-electron chi connectivity index (χ2n) is 17.7. The van der Waals surface area contributed by atoms with Crippen molar-refractivity contribution in [3.05, 3.63) is 114 Å². The third-order valence-electron chi connectivity index (χ3n) is 11.7. The van der Waals surface area contributed by atoms with Gasteiger partial charge in [0.15, 0.2) is 11.6 Å². The molecule has 344 valence electrons. The maximum absolute atomic E-state index is 14.8. The van der Waals surface area contributed by atoms with Gasteiger partial charge in [-0.25, -0.2) is 0 Å². The summed E-state index contributed by atoms with van der Waals surface area (Å²) in [4.78, 5) is 61.7. The summed E-state index contributed by atoms with van der Waals surface area (Å²) in [6.07, 6.45) is 4.60. The van der Waals surface area contributed by atoms with E-state index in [1.165, 1.54) is 6.92 Å². The Hall–Kier alpha value is -6.52. The molecule has 7 rings (SSSR count). The lowest BCUT2D eigenvalue weighted by Crippen LogP contribution is -2.54. The molecule has 0 radical (unpaired) electrons. The smallest absolute Gasteiger partial charge is 0.251 e. The molecule has 0 aliphatic carbocycles. The lowest BCUT2D eigenvalue weighted by atomic mass is 9.99. The molecule has 4 heterocycles. The molecule has 0 bridgehead atoms. The van der Waals surface area contributed by atoms with Crippen molar-refractivity contribution in [2.75, 3.05) is 26.8 Å². The number of aromatic nitrogens is 5. The van der Waals surface area contributed by atoms with Crippen LogP contribution in [0.1, 0.15) is 87.9 Å². The number of hydrogen-bond donors (Lipinski definition) is 7. The van der Waals surface area contributed by atoms with E-state index in [4.69, 9.17) is 19.7 Å². The number of methoxy groups -OCH3 is 1. The summed E-state index contributed by atoms with van der Waals surface area (Å²) in [5, 5.41) is 27.4. The van der Waals surface area contributed by atoms with Crippen molar-refractivity contribution in [3.8, 4) is 5.75 Å². The minimum Gasteiger partial charge on any atom is -0.497 e. The molecule has 6 aromatic rings. The van der Waals surface area contributed by atoms with Crippen LogP contribution in [0.4, 0.5) is 0 Å². The number of rotatable bonds is 20. The van der Waals surface area contributed by atoms with Crippen LogP contribution < -0.4 is 31.3 Å². The number of hydrogen-bond acceptors (Lipinski definition) is 9. The highest BCUT2D eigenvalue weighted by Crippen LogP contribution is 2.30. The number of amides is 4. The minimum absolute atomic E-state index is 0.0324. The topological polar surface area (TPSA) is 209 Å². The summed E-state index contributed by atoms with van der Waals surface area (Å²) in [6.45, 7) is 11.0. The van der Waals surface area contributed by atoms with Gasteiger partial charge in [0.05, 0.1) is 32.3 Å². The highest BCUT2D eigenvalue weighted by atomic mass is 16.5. The standard InChI is InChI=1S/C49H62N10O6/c1-29(2)21-42(53-31(5)60)47(61)56-43(22-30(3)4)48(62)54-40(23-33-25-51-38-13-9-7-11-36(33)38)45-57-58-46(59(45)28-32-15-17-35(64-6)18-16-32)41(55-49(63)44-27-50-19-20-65-44)24-34-26-52-39-14-10-8-12-37(34)39/h7-18,25-26,29-30,40-44,50-52H,19-24,27-28H2,1-6H3,(H,53,60)(H,54,62)(H,55,63)(H,56,61)/t40-,41+,42-,43-,44-/m1/s1. The van der Waals surface area contributed by atoms with Gasteiger partial charge in [0.2, 0.25) is 17.7 Å². The van der Waals surface area contributed by atoms with Crippen LogP contribution in [0.5, 0.6) is 5.75 Å². The van der Waals surface area contributed by atoms with E-state index in [0.29, 0.717) is 62.8 Å². The first kappa shape index (κ1) is 46.5. The first-order valence-electron chi connectivity index (χ1n) is 22.5. The third-order valence-corrected chi connectivity index (χ3v) is 11.7. The Kier molecular flexibility index (Phi) is 15.3. The van der Waals surface area contributed by atoms with E-state index in [-0.39, 0.29) is 30.2 Å². The highest BCUT2D eigenvalue weighted by molar-refractivity contribution is 5.92. The molecule has 7 N–H and O–H groups in total. The van der Waals surface area contributed by atoms with Crippen LogP contribution in [-0.4, -0.2) is 93.4 Å². The van der Waals surface area contributed by atoms with Crippen molar-refractivity contribution >= 4 is 45.4 Å². The Balaban J connectivity index is 1.33. The quantitative estimate of drug-likeness (QED) is 0.0539. The number of nitrogens with zero attached hydrogens (tertiary/aromatic N) is 3. The van der Waals surface area contributed by atoms with Crippen molar-refractivity contribution in [3.63, 3.8) is 0 Å². The maximum Gasteiger partial charge on any atom is 0.251 e. The van der Waals surface area contributed by atoms with E-state index >= 15 is 0 Å². The molecule has 16 nitrogen and oxygen atoms in total. The number of para-hydroxylation sites is 2. The fourth-order valence-electron chi connectivity index (χ4n) is 8.57. The van der Waals surface area contributed by atoms with Crippen molar-refractivity contribution < 1.29 is 28.7 Å². The molecule has 5 atom stereocenters. The molecule has 1 saturated heterocycles. The number of benzene rings is 3. The van der Waals surface area contributed by atoms with Gasteiger partial charge in [-0.05, 0) is 65.6 Å². The Labute approximate surface area is 379 Å². The molecule has 0 spiro atoms. The molecule has 1 aliphatic rings. The van der Waals surface area contributed by atoms with E-state index in [9.17, 15) is 19.2 Å². The predicted octanol–water partition coefficient (Wildman–Crippen LogP) is 5.17. The van der Waals surface area contributed by atoms with Gasteiger partial charge in [-0.1, -0.05) is 76.2 Å². The monoisotopic (exact) mass is 886 g/mol. The van der Waals surface area contributed by atoms with Crippen LogP contribution in [0.3, 0.4) is 0 Å². The Morgan fingerprint density at radius 3 is 1.80 bits per heavy atom. The minimum atomic E-state index is -0.938. The molecule has 0 saturated carbocycles. The van der Waals surface area contributed by atoms with Crippen molar-refractivity contribution in [1.29, 1.82) is 0 Å². The Morgan fingerprint density at radius 1 is 0.738 bits per heavy atom. The zero-order valence-corrected chi connectivity index (χ0v) is 38.1. The number of H-pyrrole nitrogens is 2. The third kappa shape index (κ3) is 11.8. The summed E-state index contributed by atoms with van der Waals surface area (Å²) >= 11 is 0. The summed E-state index contributed by atoms with van der Waals surface area (Å²) in [5.74, 6) is 0.319. The van der Waals surface area contributed by atoms with Gasteiger partial charge >= 0.3 is 0 Å². The van der Waals surface area contributed by atoms with Gasteiger partial charge in [-0.2, -0.15) is 0 Å². The average molecular weight is 887 g/mol. The zero-order chi connectivity index (χ0) is 46.0. The molecular weight excluding hydrogens is 825 g/mol. The first-order chi connectivity index (χ1) is 31.4. The number of carbonyl (C=O) groups excluding carboxylic acids is 4. The molecule has 3 aromatic carbocycles. The summed E-state index contributed by atoms with van der Waals surface area (Å²) < 4.78 is 13.4. The van der Waals surface area contributed by atoms with Gasteiger partial charge < -0.3 is 50.6 Å². The van der Waals surface area contributed by atoms with Crippen molar-refractivity contribution in [2.24, 2.45) is 11.8 Å². The molecule has 65 heavy (non-hydrogen) atoms. The van der Waals surface area contributed by atoms with Gasteiger partial charge in [0.25, 0.3) is 5.91 Å². The van der Waals surface area contributed by atoms with E-state index in [1.54, 1.807) is 7.11 Å². The second-order valence-corrected chi connectivity index (χ2v) is 17.7. The number of nitrogens with one attached hydrogen (secondary N) is 7. The van der Waals surface area contributed by atoms with E-state index in [1.807, 2.05) is 117 Å². The number of carbonyl (C=O) groups is 4. The van der Waals surface area contributed by atoms with Crippen LogP contribution in [0.2, 0.25) is 0 Å². The highest BCUT2D eigenvalue weighted by Gasteiger charge is 2.34. The fourth-order valence-corrected chi connectivity index (χ4v) is 8.57. The van der Waals surface area contributed by atoms with E-state index in [2.05, 4.69) is 36.6 Å². The fraction of sp³-hybridized carbons (Fsp3) is 0.429. The van der Waals surface area contributed by atoms with Crippen molar-refractivity contribution in [2.45, 2.75) is 97.1 Å². The van der Waals surface area contributed by atoms with Gasteiger partial charge in [-0.3, -0.25) is 19.2 Å². The van der Waals surface area contributed by atoms with Crippen LogP contribution in [0.25, 0.3) is 21.8 Å². The molecular formula is C49H62N10O6. The summed E-state index contributed by atoms with van der Waals surface area (Å²) in [5.41, 5.74) is 4.71. The van der Waals surface area contributed by atoms with Crippen LogP contribution in [0, 0.1) is 11.8 Å². The van der Waals surface area contributed by atoms with E-state index in [0.717, 1.165) is 38.5 Å². The molecule has 1 fully saturated rings. The normalized spacial score (nSPS) is 16.0. The van der Waals surface area contributed by atoms with Crippen molar-refractivity contribution in [1.82, 2.24) is 51.3 Å². The summed E-state index contributed by atoms with van der Waals surface area (Å²) in [6, 6.07) is 20.5. The van der Waals surface area contributed by atoms with Crippen LogP contribution >= 0.6 is 0 Å². The van der Waals surface area contributed by atoms with Gasteiger partial charge in [0, 0.05) is 67.1 Å². The Morgan fingerprint density at radius 2 is 1.28 bits per heavy atom. The number of fused-ring (bicyclic) bond motifs is 2. The number of morpholine rings is 1. The Bertz CT molecular complexity index is 2550. The molecule has 0 unspecified atom stereocenters. The maximum atomic E-state index is 14.8. The molecule has 1 aliphatic heterocycles. The SMILES string of the molecule is COc1ccc(Cn2c([C@H](Cc3c[nH]c4ccccc34)NC(=O)[C@H]3CNCCO3)nnc2[C@@H](Cc2c[nH]c3ccccc23)NC(=O)[C@@H](CC(C)C)NC(=O)[C@@H](CC(C)C)NC(C)=O)cc1. The van der Waals surface area contributed by atoms with Crippen LogP contribution in [-0.2, 0) is 43.3 Å². The van der Waals surface area contributed by atoms with Crippen LogP contribution in [0.15, 0.2) is 85.2 Å². The van der Waals surface area contributed by atoms with Gasteiger partial charge in [-0.15, -0.1) is 10.2 Å². The second kappa shape index (κ2) is 21.4. The number of ether oxygens (including phenoxy) is 2. The average Bonchev–Trinajstić information content (AvgIpc) is 4.02. The molecule has 3 aromatic heterocycles. The first-order valence-corrected chi connectivity index (χ1v) is 22.5. The zero-order valence-electron chi connectivity index (χ0n) is 38.1. The molecule has 16 heteroatoms. The lowest BCUT2D eigenvalue weighted by Gasteiger charge is -2.28. The number of aromatic amines is 2. The lowest BCUT2D eigenvalue weighted by molar-refractivity contribution is -0.135. The van der Waals surface area contributed by atoms with Gasteiger partial charge in [0.1, 0.15) is 23.9 Å². The predicted molar refractivity (Wildman–Crippen MR) is 249 cm³/mol. The largest absolute Gasteiger partial charge is 0.497 e.